The molecule has 1 aliphatic heterocycles. The number of rotatable bonds is 2. The molecule has 1 saturated carbocycles. The molecule has 20 heavy (non-hydrogen) atoms. The van der Waals surface area contributed by atoms with E-state index in [1.54, 1.807) is 0 Å². The van der Waals surface area contributed by atoms with E-state index in [1.807, 2.05) is 11.8 Å². The van der Waals surface area contributed by atoms with Gasteiger partial charge >= 0.3 is 0 Å². The smallest absolute Gasteiger partial charge is 0.187 e. The Labute approximate surface area is 119 Å². The lowest BCUT2D eigenvalue weighted by Crippen LogP contribution is -2.48. The molecule has 1 N–H and O–H groups in total. The van der Waals surface area contributed by atoms with Crippen LogP contribution in [0.4, 0.5) is 10.2 Å². The first kappa shape index (κ1) is 13.7. The van der Waals surface area contributed by atoms with Gasteiger partial charge in [-0.15, -0.1) is 0 Å². The van der Waals surface area contributed by atoms with Crippen LogP contribution in [0, 0.1) is 11.2 Å². The van der Waals surface area contributed by atoms with Crippen LogP contribution in [0.15, 0.2) is 6.33 Å². The summed E-state index contributed by atoms with van der Waals surface area (Å²) < 4.78 is 14.4. The van der Waals surface area contributed by atoms with Gasteiger partial charge in [-0.25, -0.2) is 14.4 Å². The Morgan fingerprint density at radius 2 is 2.20 bits per heavy atom. The number of hydrogen-bond donors (Lipinski definition) is 1. The van der Waals surface area contributed by atoms with Crippen LogP contribution in [-0.2, 0) is 6.42 Å². The van der Waals surface area contributed by atoms with Crippen molar-refractivity contribution in [3.8, 4) is 0 Å². The van der Waals surface area contributed by atoms with Gasteiger partial charge in [-0.2, -0.15) is 0 Å². The SMILES string of the molecule is CCc1ncnc(N2CCC[C@]3(CCC[C@H]3O)C2)c1F. The third-order valence-electron chi connectivity index (χ3n) is 4.95. The molecule has 5 heteroatoms. The molecular weight excluding hydrogens is 257 g/mol. The molecule has 4 nitrogen and oxygen atoms in total. The van der Waals surface area contributed by atoms with Crippen LogP contribution in [0.1, 0.15) is 44.7 Å². The second-order valence-electron chi connectivity index (χ2n) is 6.11. The lowest BCUT2D eigenvalue weighted by molar-refractivity contribution is 0.0406. The maximum atomic E-state index is 14.4. The predicted molar refractivity (Wildman–Crippen MR) is 75.1 cm³/mol. The zero-order chi connectivity index (χ0) is 14.2. The van der Waals surface area contributed by atoms with E-state index in [2.05, 4.69) is 9.97 Å². The maximum absolute atomic E-state index is 14.4. The first-order valence-electron chi connectivity index (χ1n) is 7.59. The van der Waals surface area contributed by atoms with Crippen molar-refractivity contribution in [2.24, 2.45) is 5.41 Å². The van der Waals surface area contributed by atoms with Crippen LogP contribution in [-0.4, -0.2) is 34.3 Å². The summed E-state index contributed by atoms with van der Waals surface area (Å²) in [6, 6.07) is 0. The number of nitrogens with zero attached hydrogens (tertiary/aromatic N) is 3. The van der Waals surface area contributed by atoms with E-state index in [9.17, 15) is 9.50 Å². The van der Waals surface area contributed by atoms with E-state index in [4.69, 9.17) is 0 Å². The van der Waals surface area contributed by atoms with Crippen molar-refractivity contribution < 1.29 is 9.50 Å². The lowest BCUT2D eigenvalue weighted by Gasteiger charge is -2.43. The van der Waals surface area contributed by atoms with Crippen molar-refractivity contribution in [1.82, 2.24) is 9.97 Å². The van der Waals surface area contributed by atoms with Gasteiger partial charge in [0, 0.05) is 18.5 Å². The summed E-state index contributed by atoms with van der Waals surface area (Å²) >= 11 is 0. The number of aliphatic hydroxyl groups excluding tert-OH is 1. The quantitative estimate of drug-likeness (QED) is 0.902. The van der Waals surface area contributed by atoms with Crippen LogP contribution in [0.3, 0.4) is 0 Å². The molecule has 0 aromatic carbocycles. The molecule has 2 atom stereocenters. The maximum Gasteiger partial charge on any atom is 0.187 e. The Morgan fingerprint density at radius 3 is 2.90 bits per heavy atom. The predicted octanol–water partition coefficient (Wildman–Crippen LogP) is 2.31. The summed E-state index contributed by atoms with van der Waals surface area (Å²) in [5.41, 5.74) is 0.420. The molecule has 1 aliphatic carbocycles. The number of aromatic nitrogens is 2. The lowest BCUT2D eigenvalue weighted by atomic mass is 9.76. The fourth-order valence-corrected chi connectivity index (χ4v) is 3.80. The highest BCUT2D eigenvalue weighted by molar-refractivity contribution is 5.42. The van der Waals surface area contributed by atoms with Crippen LogP contribution in [0.5, 0.6) is 0 Å². The van der Waals surface area contributed by atoms with Gasteiger partial charge in [0.05, 0.1) is 11.8 Å². The second-order valence-corrected chi connectivity index (χ2v) is 6.11. The van der Waals surface area contributed by atoms with E-state index < -0.39 is 0 Å². The molecule has 0 unspecified atom stereocenters. The Hall–Kier alpha value is -1.23. The molecule has 0 amide bonds. The summed E-state index contributed by atoms with van der Waals surface area (Å²) in [4.78, 5) is 10.2. The average molecular weight is 279 g/mol. The Bertz CT molecular complexity index is 496. The summed E-state index contributed by atoms with van der Waals surface area (Å²) in [5, 5.41) is 10.3. The monoisotopic (exact) mass is 279 g/mol. The van der Waals surface area contributed by atoms with Gasteiger partial charge < -0.3 is 10.0 Å². The van der Waals surface area contributed by atoms with E-state index in [0.717, 1.165) is 38.6 Å². The van der Waals surface area contributed by atoms with E-state index >= 15 is 0 Å². The molecular formula is C15H22FN3O. The second kappa shape index (κ2) is 5.28. The summed E-state index contributed by atoms with van der Waals surface area (Å²) in [7, 11) is 0. The number of anilines is 1. The molecule has 3 rings (SSSR count). The van der Waals surface area contributed by atoms with E-state index in [-0.39, 0.29) is 17.3 Å². The number of piperidine rings is 1. The number of halogens is 1. The molecule has 1 aromatic heterocycles. The van der Waals surface area contributed by atoms with Gasteiger partial charge in [-0.05, 0) is 32.1 Å². The minimum absolute atomic E-state index is 0.0536. The molecule has 1 aromatic rings. The van der Waals surface area contributed by atoms with Crippen LogP contribution in [0.2, 0.25) is 0 Å². The first-order valence-corrected chi connectivity index (χ1v) is 7.59. The molecule has 0 bridgehead atoms. The summed E-state index contributed by atoms with van der Waals surface area (Å²) in [6.45, 7) is 3.42. The highest BCUT2D eigenvalue weighted by atomic mass is 19.1. The van der Waals surface area contributed by atoms with Gasteiger partial charge in [-0.3, -0.25) is 0 Å². The van der Waals surface area contributed by atoms with E-state index in [1.165, 1.54) is 6.33 Å². The van der Waals surface area contributed by atoms with Crippen molar-refractivity contribution in [1.29, 1.82) is 0 Å². The summed E-state index contributed by atoms with van der Waals surface area (Å²) in [5.74, 6) is 0.120. The largest absolute Gasteiger partial charge is 0.392 e. The Balaban J connectivity index is 1.87. The third kappa shape index (κ3) is 2.18. The number of hydrogen-bond acceptors (Lipinski definition) is 4. The normalized spacial score (nSPS) is 30.1. The zero-order valence-electron chi connectivity index (χ0n) is 12.0. The van der Waals surface area contributed by atoms with Gasteiger partial charge in [0.15, 0.2) is 11.6 Å². The molecule has 110 valence electrons. The van der Waals surface area contributed by atoms with Gasteiger partial charge in [0.25, 0.3) is 0 Å². The number of aryl methyl sites for hydroxylation is 1. The molecule has 1 saturated heterocycles. The highest BCUT2D eigenvalue weighted by Crippen LogP contribution is 2.45. The first-order chi connectivity index (χ1) is 9.66. The van der Waals surface area contributed by atoms with Crippen LogP contribution >= 0.6 is 0 Å². The minimum atomic E-state index is -0.292. The van der Waals surface area contributed by atoms with Gasteiger partial charge in [0.1, 0.15) is 6.33 Å². The topological polar surface area (TPSA) is 49.2 Å². The number of aliphatic hydroxyl groups is 1. The minimum Gasteiger partial charge on any atom is -0.392 e. The molecule has 1 spiro atoms. The van der Waals surface area contributed by atoms with Gasteiger partial charge in [0.2, 0.25) is 0 Å². The fraction of sp³-hybridized carbons (Fsp3) is 0.733. The van der Waals surface area contributed by atoms with Crippen molar-refractivity contribution >= 4 is 5.82 Å². The molecule has 2 aliphatic rings. The molecule has 0 radical (unpaired) electrons. The van der Waals surface area contributed by atoms with Gasteiger partial charge in [-0.1, -0.05) is 13.3 Å². The average Bonchev–Trinajstić information content (AvgIpc) is 2.80. The van der Waals surface area contributed by atoms with Crippen LogP contribution in [0.25, 0.3) is 0 Å². The molecule has 2 heterocycles. The van der Waals surface area contributed by atoms with Crippen molar-refractivity contribution in [3.05, 3.63) is 17.8 Å². The third-order valence-corrected chi connectivity index (χ3v) is 4.95. The fourth-order valence-electron chi connectivity index (χ4n) is 3.80. The van der Waals surface area contributed by atoms with Crippen molar-refractivity contribution in [2.75, 3.05) is 18.0 Å². The molecule has 2 fully saturated rings. The zero-order valence-corrected chi connectivity index (χ0v) is 12.0. The van der Waals surface area contributed by atoms with E-state index in [0.29, 0.717) is 24.5 Å². The highest BCUT2D eigenvalue weighted by Gasteiger charge is 2.45. The van der Waals surface area contributed by atoms with Crippen molar-refractivity contribution in [3.63, 3.8) is 0 Å². The van der Waals surface area contributed by atoms with Crippen LogP contribution < -0.4 is 4.90 Å². The summed E-state index contributed by atoms with van der Waals surface area (Å²) in [6.07, 6.45) is 6.78. The van der Waals surface area contributed by atoms with Crippen molar-refractivity contribution in [2.45, 2.75) is 51.6 Å². The Morgan fingerprint density at radius 1 is 1.40 bits per heavy atom. The standard InChI is InChI=1S/C15H22FN3O/c1-2-11-13(16)14(18-10-17-11)19-8-4-7-15(9-19)6-3-5-12(15)20/h10,12,20H,2-9H2,1H3/t12-,15-/m1/s1. The Kier molecular flexibility index (Phi) is 3.63.